The van der Waals surface area contributed by atoms with Gasteiger partial charge in [-0.25, -0.2) is 0 Å². The summed E-state index contributed by atoms with van der Waals surface area (Å²) < 4.78 is 5.35. The number of esters is 1. The van der Waals surface area contributed by atoms with Crippen LogP contribution in [0.2, 0.25) is 0 Å². The second kappa shape index (κ2) is 4.64. The lowest BCUT2D eigenvalue weighted by Gasteiger charge is -2.37. The Hall–Kier alpha value is -1.38. The van der Waals surface area contributed by atoms with Crippen LogP contribution in [-0.2, 0) is 14.3 Å². The lowest BCUT2D eigenvalue weighted by atomic mass is 9.74. The zero-order chi connectivity index (χ0) is 12.3. The highest BCUT2D eigenvalue weighted by atomic mass is 16.5. The number of ether oxygens (including phenoxy) is 1. The van der Waals surface area contributed by atoms with Crippen LogP contribution in [0.4, 0.5) is 0 Å². The number of carbonyl (C=O) groups is 2. The van der Waals surface area contributed by atoms with Gasteiger partial charge in [0.15, 0.2) is 0 Å². The van der Waals surface area contributed by atoms with E-state index in [9.17, 15) is 9.59 Å². The Bertz CT molecular complexity index is 339. The summed E-state index contributed by atoms with van der Waals surface area (Å²) in [6.07, 6.45) is 4.45. The molecule has 0 saturated heterocycles. The van der Waals surface area contributed by atoms with E-state index in [4.69, 9.17) is 4.74 Å². The predicted molar refractivity (Wildman–Crippen MR) is 61.8 cm³/mol. The van der Waals surface area contributed by atoms with Crippen molar-refractivity contribution in [2.75, 3.05) is 0 Å². The molecule has 0 N–H and O–H groups in total. The average Bonchev–Trinajstić information content (AvgIpc) is 2.24. The molecule has 0 fully saturated rings. The minimum Gasteiger partial charge on any atom is -0.457 e. The molecule has 16 heavy (non-hydrogen) atoms. The highest BCUT2D eigenvalue weighted by Crippen LogP contribution is 2.37. The normalized spacial score (nSPS) is 27.6. The van der Waals surface area contributed by atoms with Crippen molar-refractivity contribution in [1.29, 1.82) is 0 Å². The van der Waals surface area contributed by atoms with Gasteiger partial charge in [0.05, 0.1) is 5.92 Å². The topological polar surface area (TPSA) is 43.4 Å². The number of hydrogen-bond donors (Lipinski definition) is 0. The molecule has 88 valence electrons. The van der Waals surface area contributed by atoms with E-state index < -0.39 is 6.10 Å². The van der Waals surface area contributed by atoms with Gasteiger partial charge in [0, 0.05) is 11.8 Å². The summed E-state index contributed by atoms with van der Waals surface area (Å²) in [4.78, 5) is 22.2. The van der Waals surface area contributed by atoms with Gasteiger partial charge in [0.25, 0.3) is 0 Å². The van der Waals surface area contributed by atoms with E-state index in [0.29, 0.717) is 12.0 Å². The molecule has 0 saturated carbocycles. The molecule has 1 aliphatic rings. The van der Waals surface area contributed by atoms with Crippen LogP contribution in [0.15, 0.2) is 24.3 Å². The second-order valence-corrected chi connectivity index (χ2v) is 4.64. The molecule has 0 aliphatic heterocycles. The molecule has 0 heterocycles. The fourth-order valence-electron chi connectivity index (χ4n) is 1.79. The van der Waals surface area contributed by atoms with Crippen LogP contribution >= 0.6 is 0 Å². The molecule has 2 atom stereocenters. The van der Waals surface area contributed by atoms with E-state index in [0.717, 1.165) is 6.29 Å². The summed E-state index contributed by atoms with van der Waals surface area (Å²) in [6, 6.07) is 0. The SMILES string of the molecule is C=C1C(C=O)C=CC(C)(C)C1OC(=O)CC. The summed E-state index contributed by atoms with van der Waals surface area (Å²) in [6.45, 7) is 9.54. The monoisotopic (exact) mass is 222 g/mol. The standard InChI is InChI=1S/C13H18O3/c1-5-11(15)16-12-9(2)10(8-14)6-7-13(12,3)4/h6-8,10,12H,2,5H2,1,3-4H3. The van der Waals surface area contributed by atoms with Crippen molar-refractivity contribution in [3.63, 3.8) is 0 Å². The van der Waals surface area contributed by atoms with Crippen LogP contribution in [0.5, 0.6) is 0 Å². The lowest BCUT2D eigenvalue weighted by molar-refractivity contribution is -0.151. The van der Waals surface area contributed by atoms with Gasteiger partial charge >= 0.3 is 5.97 Å². The second-order valence-electron chi connectivity index (χ2n) is 4.64. The smallest absolute Gasteiger partial charge is 0.306 e. The number of allylic oxidation sites excluding steroid dienone is 1. The van der Waals surface area contributed by atoms with Crippen LogP contribution in [0, 0.1) is 11.3 Å². The van der Waals surface area contributed by atoms with E-state index in [1.165, 1.54) is 0 Å². The summed E-state index contributed by atoms with van der Waals surface area (Å²) in [5.74, 6) is -0.609. The Kier molecular flexibility index (Phi) is 3.68. The fraction of sp³-hybridized carbons (Fsp3) is 0.538. The van der Waals surface area contributed by atoms with Crippen molar-refractivity contribution in [2.45, 2.75) is 33.3 Å². The third-order valence-electron chi connectivity index (χ3n) is 2.86. The molecular formula is C13H18O3. The maximum atomic E-state index is 11.3. The predicted octanol–water partition coefficient (Wildman–Crippen LogP) is 2.28. The number of rotatable bonds is 3. The van der Waals surface area contributed by atoms with Crippen molar-refractivity contribution in [1.82, 2.24) is 0 Å². The molecule has 0 bridgehead atoms. The lowest BCUT2D eigenvalue weighted by Crippen LogP contribution is -2.39. The van der Waals surface area contributed by atoms with E-state index in [1.54, 1.807) is 6.92 Å². The first-order valence-electron chi connectivity index (χ1n) is 5.45. The Morgan fingerprint density at radius 1 is 1.62 bits per heavy atom. The Balaban J connectivity index is 2.95. The summed E-state index contributed by atoms with van der Waals surface area (Å²) in [5.41, 5.74) is 0.353. The Morgan fingerprint density at radius 3 is 2.75 bits per heavy atom. The van der Waals surface area contributed by atoms with Gasteiger partial charge in [0.2, 0.25) is 0 Å². The highest BCUT2D eigenvalue weighted by Gasteiger charge is 2.38. The summed E-state index contributed by atoms with van der Waals surface area (Å²) in [7, 11) is 0. The van der Waals surface area contributed by atoms with Gasteiger partial charge in [-0.2, -0.15) is 0 Å². The molecule has 3 nitrogen and oxygen atoms in total. The molecule has 3 heteroatoms. The Labute approximate surface area is 96.2 Å². The van der Waals surface area contributed by atoms with Crippen molar-refractivity contribution >= 4 is 12.3 Å². The van der Waals surface area contributed by atoms with Crippen molar-refractivity contribution in [3.8, 4) is 0 Å². The molecule has 1 aliphatic carbocycles. The summed E-state index contributed by atoms with van der Waals surface area (Å²) >= 11 is 0. The van der Waals surface area contributed by atoms with Gasteiger partial charge in [-0.1, -0.05) is 39.5 Å². The van der Waals surface area contributed by atoms with E-state index in [2.05, 4.69) is 6.58 Å². The van der Waals surface area contributed by atoms with E-state index in [-0.39, 0.29) is 17.3 Å². The maximum absolute atomic E-state index is 11.3. The van der Waals surface area contributed by atoms with Gasteiger partial charge in [-0.15, -0.1) is 0 Å². The largest absolute Gasteiger partial charge is 0.457 e. The third-order valence-corrected chi connectivity index (χ3v) is 2.86. The van der Waals surface area contributed by atoms with Crippen LogP contribution in [0.25, 0.3) is 0 Å². The third kappa shape index (κ3) is 2.40. The molecule has 0 aromatic carbocycles. The van der Waals surface area contributed by atoms with Crippen LogP contribution < -0.4 is 0 Å². The summed E-state index contributed by atoms with van der Waals surface area (Å²) in [5, 5.41) is 0. The molecule has 1 rings (SSSR count). The van der Waals surface area contributed by atoms with Crippen molar-refractivity contribution in [3.05, 3.63) is 24.3 Å². The number of carbonyl (C=O) groups excluding carboxylic acids is 2. The molecule has 0 aromatic rings. The van der Waals surface area contributed by atoms with Gasteiger partial charge in [-0.05, 0) is 5.57 Å². The van der Waals surface area contributed by atoms with Crippen molar-refractivity contribution < 1.29 is 14.3 Å². The number of hydrogen-bond acceptors (Lipinski definition) is 3. The first-order chi connectivity index (χ1) is 7.42. The van der Waals surface area contributed by atoms with Gasteiger partial charge in [-0.3, -0.25) is 4.79 Å². The Morgan fingerprint density at radius 2 is 2.25 bits per heavy atom. The number of aldehydes is 1. The molecule has 0 amide bonds. The minimum atomic E-state index is -0.417. The molecule has 0 spiro atoms. The molecule has 0 radical (unpaired) electrons. The molecule has 0 aromatic heterocycles. The zero-order valence-electron chi connectivity index (χ0n) is 10.0. The van der Waals surface area contributed by atoms with E-state index >= 15 is 0 Å². The van der Waals surface area contributed by atoms with Crippen LogP contribution in [0.1, 0.15) is 27.2 Å². The average molecular weight is 222 g/mol. The van der Waals surface area contributed by atoms with Gasteiger partial charge < -0.3 is 9.53 Å². The molecule has 2 unspecified atom stereocenters. The van der Waals surface area contributed by atoms with Gasteiger partial charge in [0.1, 0.15) is 12.4 Å². The first-order valence-corrected chi connectivity index (χ1v) is 5.45. The zero-order valence-corrected chi connectivity index (χ0v) is 10.0. The highest BCUT2D eigenvalue weighted by molar-refractivity contribution is 5.70. The quantitative estimate of drug-likeness (QED) is 0.418. The van der Waals surface area contributed by atoms with Crippen molar-refractivity contribution in [2.24, 2.45) is 11.3 Å². The van der Waals surface area contributed by atoms with Crippen LogP contribution in [0.3, 0.4) is 0 Å². The first kappa shape index (κ1) is 12.7. The van der Waals surface area contributed by atoms with E-state index in [1.807, 2.05) is 26.0 Å². The van der Waals surface area contributed by atoms with Crippen LogP contribution in [-0.4, -0.2) is 18.4 Å². The maximum Gasteiger partial charge on any atom is 0.306 e. The minimum absolute atomic E-state index is 0.265. The fourth-order valence-corrected chi connectivity index (χ4v) is 1.79. The molecular weight excluding hydrogens is 204 g/mol.